The molecule has 0 amide bonds. The zero-order chi connectivity index (χ0) is 18.2. The number of rotatable bonds is 7. The fourth-order valence-electron chi connectivity index (χ4n) is 5.79. The maximum atomic E-state index is 11.0. The largest absolute Gasteiger partial charge is 0.393 e. The van der Waals surface area contributed by atoms with E-state index in [1.807, 2.05) is 0 Å². The van der Waals surface area contributed by atoms with Crippen molar-refractivity contribution in [3.63, 3.8) is 0 Å². The van der Waals surface area contributed by atoms with Gasteiger partial charge in [-0.1, -0.05) is 51.5 Å². The lowest BCUT2D eigenvalue weighted by Gasteiger charge is -2.54. The van der Waals surface area contributed by atoms with E-state index in [1.54, 1.807) is 5.57 Å². The van der Waals surface area contributed by atoms with E-state index in [-0.39, 0.29) is 11.5 Å². The standard InChI is InChI=1S/C23H38O2/c1-16(2)12-23(25)9-8-20(23)11-18(4)22(14-21(24)15-22)13-19-7-5-6-17(3)10-19/h5-7,16-18,20-21,24-25H,8-15H2,1-4H3. The van der Waals surface area contributed by atoms with Crippen LogP contribution in [0.2, 0.25) is 0 Å². The minimum Gasteiger partial charge on any atom is -0.393 e. The van der Waals surface area contributed by atoms with Crippen LogP contribution < -0.4 is 0 Å². The Hall–Kier alpha value is -0.600. The van der Waals surface area contributed by atoms with Crippen LogP contribution in [-0.4, -0.2) is 21.9 Å². The predicted octanol–water partition coefficient (Wildman–Crippen LogP) is 5.25. The van der Waals surface area contributed by atoms with E-state index in [4.69, 9.17) is 0 Å². The maximum absolute atomic E-state index is 11.0. The van der Waals surface area contributed by atoms with E-state index in [0.717, 1.165) is 38.5 Å². The Kier molecular flexibility index (Phi) is 5.52. The quantitative estimate of drug-likeness (QED) is 0.660. The van der Waals surface area contributed by atoms with Crippen molar-refractivity contribution < 1.29 is 10.2 Å². The number of hydrogen-bond acceptors (Lipinski definition) is 2. The summed E-state index contributed by atoms with van der Waals surface area (Å²) in [7, 11) is 0. The van der Waals surface area contributed by atoms with Gasteiger partial charge in [0.1, 0.15) is 0 Å². The molecular weight excluding hydrogens is 308 g/mol. The summed E-state index contributed by atoms with van der Waals surface area (Å²) in [6.07, 6.45) is 15.1. The lowest BCUT2D eigenvalue weighted by atomic mass is 9.53. The first kappa shape index (κ1) is 19.2. The molecule has 3 aliphatic carbocycles. The lowest BCUT2D eigenvalue weighted by Crippen LogP contribution is -2.52. The second kappa shape index (κ2) is 7.19. The average Bonchev–Trinajstić information content (AvgIpc) is 2.49. The van der Waals surface area contributed by atoms with Crippen molar-refractivity contribution in [3.05, 3.63) is 23.8 Å². The lowest BCUT2D eigenvalue weighted by molar-refractivity contribution is -0.133. The first-order chi connectivity index (χ1) is 11.7. The first-order valence-electron chi connectivity index (χ1n) is 10.5. The van der Waals surface area contributed by atoms with Gasteiger partial charge in [-0.05, 0) is 80.5 Å². The molecule has 142 valence electrons. The third-order valence-corrected chi connectivity index (χ3v) is 7.35. The Labute approximate surface area is 154 Å². The highest BCUT2D eigenvalue weighted by molar-refractivity contribution is 5.22. The zero-order valence-corrected chi connectivity index (χ0v) is 16.7. The average molecular weight is 347 g/mol. The van der Waals surface area contributed by atoms with Crippen molar-refractivity contribution in [2.45, 2.75) is 90.8 Å². The Morgan fingerprint density at radius 2 is 1.96 bits per heavy atom. The van der Waals surface area contributed by atoms with Gasteiger partial charge in [-0.25, -0.2) is 0 Å². The van der Waals surface area contributed by atoms with Gasteiger partial charge in [0.15, 0.2) is 0 Å². The third kappa shape index (κ3) is 4.06. The molecule has 2 heteroatoms. The van der Waals surface area contributed by atoms with Crippen LogP contribution in [-0.2, 0) is 0 Å². The van der Waals surface area contributed by atoms with Crippen LogP contribution in [0, 0.1) is 29.1 Å². The van der Waals surface area contributed by atoms with Gasteiger partial charge in [0.2, 0.25) is 0 Å². The van der Waals surface area contributed by atoms with E-state index in [9.17, 15) is 10.2 Å². The van der Waals surface area contributed by atoms with E-state index in [1.165, 1.54) is 12.8 Å². The van der Waals surface area contributed by atoms with Crippen molar-refractivity contribution in [3.8, 4) is 0 Å². The summed E-state index contributed by atoms with van der Waals surface area (Å²) in [5.41, 5.74) is 1.39. The molecule has 0 radical (unpaired) electrons. The van der Waals surface area contributed by atoms with Crippen LogP contribution in [0.15, 0.2) is 23.8 Å². The molecule has 2 fully saturated rings. The van der Waals surface area contributed by atoms with Gasteiger partial charge >= 0.3 is 0 Å². The van der Waals surface area contributed by atoms with Crippen LogP contribution in [0.3, 0.4) is 0 Å². The molecule has 2 saturated carbocycles. The topological polar surface area (TPSA) is 40.5 Å². The predicted molar refractivity (Wildman–Crippen MR) is 104 cm³/mol. The van der Waals surface area contributed by atoms with Crippen LogP contribution in [0.1, 0.15) is 79.1 Å². The molecule has 0 saturated heterocycles. The molecule has 0 heterocycles. The molecule has 0 bridgehead atoms. The molecule has 0 aromatic carbocycles. The molecular formula is C23H38O2. The van der Waals surface area contributed by atoms with Crippen LogP contribution in [0.5, 0.6) is 0 Å². The summed E-state index contributed by atoms with van der Waals surface area (Å²) in [6, 6.07) is 0. The van der Waals surface area contributed by atoms with Gasteiger partial charge in [-0.15, -0.1) is 0 Å². The Balaban J connectivity index is 1.64. The maximum Gasteiger partial charge on any atom is 0.0678 e. The Bertz CT molecular complexity index is 526. The highest BCUT2D eigenvalue weighted by atomic mass is 16.3. The molecule has 0 spiro atoms. The highest BCUT2D eigenvalue weighted by Crippen LogP contribution is 2.56. The number of hydrogen-bond donors (Lipinski definition) is 2. The van der Waals surface area contributed by atoms with Crippen LogP contribution >= 0.6 is 0 Å². The molecule has 0 aromatic heterocycles. The van der Waals surface area contributed by atoms with Gasteiger partial charge in [0.05, 0.1) is 11.7 Å². The second-order valence-electron chi connectivity index (χ2n) is 10.1. The van der Waals surface area contributed by atoms with Crippen molar-refractivity contribution in [2.75, 3.05) is 0 Å². The Morgan fingerprint density at radius 3 is 2.48 bits per heavy atom. The minimum absolute atomic E-state index is 0.115. The molecule has 25 heavy (non-hydrogen) atoms. The fourth-order valence-corrected chi connectivity index (χ4v) is 5.79. The van der Waals surface area contributed by atoms with Gasteiger partial charge in [0.25, 0.3) is 0 Å². The molecule has 4 atom stereocenters. The van der Waals surface area contributed by atoms with Crippen LogP contribution in [0.25, 0.3) is 0 Å². The van der Waals surface area contributed by atoms with Crippen LogP contribution in [0.4, 0.5) is 0 Å². The second-order valence-corrected chi connectivity index (χ2v) is 10.1. The minimum atomic E-state index is -0.423. The number of aliphatic hydroxyl groups excluding tert-OH is 1. The molecule has 2 nitrogen and oxygen atoms in total. The van der Waals surface area contributed by atoms with Gasteiger partial charge in [0, 0.05) is 0 Å². The van der Waals surface area contributed by atoms with Gasteiger partial charge in [-0.2, -0.15) is 0 Å². The summed E-state index contributed by atoms with van der Waals surface area (Å²) in [4.78, 5) is 0. The first-order valence-corrected chi connectivity index (χ1v) is 10.5. The molecule has 0 aromatic rings. The van der Waals surface area contributed by atoms with E-state index >= 15 is 0 Å². The molecule has 3 aliphatic rings. The molecule has 0 aliphatic heterocycles. The molecule has 2 N–H and O–H groups in total. The summed E-state index contributed by atoms with van der Waals surface area (Å²) in [5.74, 6) is 2.23. The fraction of sp³-hybridized carbons (Fsp3) is 0.826. The number of aliphatic hydroxyl groups is 2. The summed E-state index contributed by atoms with van der Waals surface area (Å²) in [5, 5.41) is 21.0. The summed E-state index contributed by atoms with van der Waals surface area (Å²) in [6.45, 7) is 9.09. The molecule has 3 rings (SSSR count). The molecule has 4 unspecified atom stereocenters. The Morgan fingerprint density at radius 1 is 1.24 bits per heavy atom. The van der Waals surface area contributed by atoms with Crippen molar-refractivity contribution in [1.82, 2.24) is 0 Å². The van der Waals surface area contributed by atoms with Crippen molar-refractivity contribution in [2.24, 2.45) is 29.1 Å². The summed E-state index contributed by atoms with van der Waals surface area (Å²) >= 11 is 0. The number of allylic oxidation sites excluding steroid dienone is 4. The monoisotopic (exact) mass is 346 g/mol. The van der Waals surface area contributed by atoms with Crippen molar-refractivity contribution >= 4 is 0 Å². The van der Waals surface area contributed by atoms with Gasteiger partial charge < -0.3 is 10.2 Å². The SMILES string of the molecule is CC(C)CC1(O)CCC1CC(C)C1(CC2=CC=CC(C)C2)CC(O)C1. The zero-order valence-electron chi connectivity index (χ0n) is 16.7. The van der Waals surface area contributed by atoms with E-state index in [2.05, 4.69) is 45.9 Å². The third-order valence-electron chi connectivity index (χ3n) is 7.35. The normalized spacial score (nSPS) is 41.9. The van der Waals surface area contributed by atoms with Gasteiger partial charge in [-0.3, -0.25) is 0 Å². The summed E-state index contributed by atoms with van der Waals surface area (Å²) < 4.78 is 0. The smallest absolute Gasteiger partial charge is 0.0678 e. The van der Waals surface area contributed by atoms with Crippen molar-refractivity contribution in [1.29, 1.82) is 0 Å². The van der Waals surface area contributed by atoms with E-state index in [0.29, 0.717) is 23.7 Å². The highest BCUT2D eigenvalue weighted by Gasteiger charge is 2.51. The van der Waals surface area contributed by atoms with E-state index < -0.39 is 5.60 Å².